The third-order valence-electron chi connectivity index (χ3n) is 4.42. The highest BCUT2D eigenvalue weighted by atomic mass is 35.5. The number of amides is 1. The zero-order valence-corrected chi connectivity index (χ0v) is 16.1. The number of nitrogens with zero attached hydrogens (tertiary/aromatic N) is 1. The second-order valence-electron chi connectivity index (χ2n) is 6.25. The lowest BCUT2D eigenvalue weighted by molar-refractivity contribution is 0.0787. The number of hydrogen-bond donors (Lipinski definition) is 2. The zero-order valence-electron chi connectivity index (χ0n) is 14.5. The molecule has 27 heavy (non-hydrogen) atoms. The van der Waals surface area contributed by atoms with Crippen molar-refractivity contribution in [1.82, 2.24) is 4.90 Å². The first-order chi connectivity index (χ1) is 12.4. The summed E-state index contributed by atoms with van der Waals surface area (Å²) in [5.41, 5.74) is 5.78. The van der Waals surface area contributed by atoms with E-state index in [1.165, 1.54) is 42.5 Å². The van der Waals surface area contributed by atoms with Gasteiger partial charge in [-0.1, -0.05) is 18.2 Å². The Morgan fingerprint density at radius 1 is 1.22 bits per heavy atom. The maximum atomic E-state index is 13.7. The number of para-hydroxylation sites is 1. The van der Waals surface area contributed by atoms with E-state index in [0.717, 1.165) is 6.42 Å². The van der Waals surface area contributed by atoms with Crippen molar-refractivity contribution < 1.29 is 17.6 Å². The average molecular weight is 414 g/mol. The molecule has 0 aromatic heterocycles. The van der Waals surface area contributed by atoms with Crippen LogP contribution in [0.4, 0.5) is 10.1 Å². The minimum Gasteiger partial charge on any atom is -0.338 e. The van der Waals surface area contributed by atoms with Gasteiger partial charge in [0, 0.05) is 18.7 Å². The highest BCUT2D eigenvalue weighted by Crippen LogP contribution is 2.22. The molecule has 1 unspecified atom stereocenters. The Morgan fingerprint density at radius 2 is 1.96 bits per heavy atom. The molecule has 0 aliphatic carbocycles. The second kappa shape index (κ2) is 8.69. The summed E-state index contributed by atoms with van der Waals surface area (Å²) in [7, 11) is -4.01. The van der Waals surface area contributed by atoms with Gasteiger partial charge in [0.1, 0.15) is 5.82 Å². The van der Waals surface area contributed by atoms with E-state index >= 15 is 0 Å². The first-order valence-electron chi connectivity index (χ1n) is 8.27. The van der Waals surface area contributed by atoms with Crippen LogP contribution in [0.3, 0.4) is 0 Å². The van der Waals surface area contributed by atoms with Gasteiger partial charge < -0.3 is 10.6 Å². The molecule has 0 bridgehead atoms. The van der Waals surface area contributed by atoms with Crippen molar-refractivity contribution in [2.75, 3.05) is 24.4 Å². The molecule has 3 N–H and O–H groups in total. The van der Waals surface area contributed by atoms with E-state index in [-0.39, 0.29) is 40.4 Å². The van der Waals surface area contributed by atoms with Crippen molar-refractivity contribution in [3.8, 4) is 0 Å². The van der Waals surface area contributed by atoms with Crippen LogP contribution in [-0.2, 0) is 10.0 Å². The molecule has 1 aliphatic rings. The van der Waals surface area contributed by atoms with E-state index < -0.39 is 15.8 Å². The third-order valence-corrected chi connectivity index (χ3v) is 5.78. The summed E-state index contributed by atoms with van der Waals surface area (Å²) >= 11 is 0. The van der Waals surface area contributed by atoms with Crippen molar-refractivity contribution in [1.29, 1.82) is 0 Å². The Bertz CT molecular complexity index is 924. The lowest BCUT2D eigenvalue weighted by Gasteiger charge is -2.17. The van der Waals surface area contributed by atoms with Gasteiger partial charge >= 0.3 is 0 Å². The predicted octanol–water partition coefficient (Wildman–Crippen LogP) is 2.47. The van der Waals surface area contributed by atoms with Crippen LogP contribution in [0, 0.1) is 11.7 Å². The van der Waals surface area contributed by atoms with E-state index in [0.29, 0.717) is 19.6 Å². The van der Waals surface area contributed by atoms with E-state index in [9.17, 15) is 17.6 Å². The summed E-state index contributed by atoms with van der Waals surface area (Å²) in [5.74, 6) is -0.634. The predicted molar refractivity (Wildman–Crippen MR) is 104 cm³/mol. The molecule has 6 nitrogen and oxygen atoms in total. The number of halogens is 2. The smallest absolute Gasteiger partial charge is 0.262 e. The summed E-state index contributed by atoms with van der Waals surface area (Å²) in [4.78, 5) is 14.2. The van der Waals surface area contributed by atoms with Crippen molar-refractivity contribution in [3.63, 3.8) is 0 Å². The van der Waals surface area contributed by atoms with Gasteiger partial charge in [0.05, 0.1) is 10.6 Å². The highest BCUT2D eigenvalue weighted by molar-refractivity contribution is 7.92. The van der Waals surface area contributed by atoms with Crippen molar-refractivity contribution >= 4 is 34.0 Å². The van der Waals surface area contributed by atoms with Crippen LogP contribution >= 0.6 is 12.4 Å². The molecular weight excluding hydrogens is 393 g/mol. The number of carbonyl (C=O) groups excluding carboxylic acids is 1. The fourth-order valence-electron chi connectivity index (χ4n) is 2.94. The van der Waals surface area contributed by atoms with Gasteiger partial charge in [-0.05, 0) is 49.2 Å². The maximum Gasteiger partial charge on any atom is 0.262 e. The standard InChI is InChI=1S/C18H20FN3O3S.ClH/c19-16-6-1-2-7-17(16)21-26(24,25)15-5-3-4-14(10-15)18(23)22-9-8-13(11-20)12-22;/h1-7,10,13,21H,8-9,11-12,20H2;1H. The van der Waals surface area contributed by atoms with E-state index in [4.69, 9.17) is 5.73 Å². The number of anilines is 1. The number of sulfonamides is 1. The largest absolute Gasteiger partial charge is 0.338 e. The van der Waals surface area contributed by atoms with Gasteiger partial charge in [-0.3, -0.25) is 9.52 Å². The lowest BCUT2D eigenvalue weighted by atomic mass is 10.1. The molecule has 0 saturated carbocycles. The molecular formula is C18H21ClFN3O3S. The first kappa shape index (κ1) is 21.1. The fraction of sp³-hybridized carbons (Fsp3) is 0.278. The molecule has 1 saturated heterocycles. The molecule has 0 radical (unpaired) electrons. The molecule has 1 fully saturated rings. The Kier molecular flexibility index (Phi) is 6.80. The first-order valence-corrected chi connectivity index (χ1v) is 9.76. The Hall–Kier alpha value is -2.16. The van der Waals surface area contributed by atoms with Crippen molar-refractivity contribution in [2.24, 2.45) is 11.7 Å². The topological polar surface area (TPSA) is 92.5 Å². The van der Waals surface area contributed by atoms with Crippen LogP contribution in [-0.4, -0.2) is 38.9 Å². The van der Waals surface area contributed by atoms with Gasteiger partial charge in [0.25, 0.3) is 15.9 Å². The third kappa shape index (κ3) is 4.77. The summed E-state index contributed by atoms with van der Waals surface area (Å²) < 4.78 is 41.0. The molecule has 9 heteroatoms. The molecule has 1 atom stereocenters. The number of likely N-dealkylation sites (tertiary alicyclic amines) is 1. The Labute approximate surface area is 164 Å². The SMILES string of the molecule is Cl.NCC1CCN(C(=O)c2cccc(S(=O)(=O)Nc3ccccc3F)c2)C1. The van der Waals surface area contributed by atoms with Crippen LogP contribution in [0.15, 0.2) is 53.4 Å². The molecule has 3 rings (SSSR count). The molecule has 2 aromatic rings. The number of hydrogen-bond acceptors (Lipinski definition) is 4. The van der Waals surface area contributed by atoms with Crippen LogP contribution in [0.25, 0.3) is 0 Å². The minimum absolute atomic E-state index is 0. The van der Waals surface area contributed by atoms with Gasteiger partial charge in [-0.15, -0.1) is 12.4 Å². The second-order valence-corrected chi connectivity index (χ2v) is 7.94. The number of nitrogens with one attached hydrogen (secondary N) is 1. The number of rotatable bonds is 5. The van der Waals surface area contributed by atoms with Crippen LogP contribution in [0.1, 0.15) is 16.8 Å². The summed E-state index contributed by atoms with van der Waals surface area (Å²) in [6.45, 7) is 1.69. The van der Waals surface area contributed by atoms with Gasteiger partial charge in [-0.2, -0.15) is 0 Å². The highest BCUT2D eigenvalue weighted by Gasteiger charge is 2.27. The Morgan fingerprint density at radius 3 is 2.63 bits per heavy atom. The molecule has 1 heterocycles. The number of nitrogens with two attached hydrogens (primary N) is 1. The summed E-state index contributed by atoms with van der Waals surface area (Å²) in [5, 5.41) is 0. The molecule has 0 spiro atoms. The molecule has 1 amide bonds. The lowest BCUT2D eigenvalue weighted by Crippen LogP contribution is -2.30. The molecule has 1 aliphatic heterocycles. The fourth-order valence-corrected chi connectivity index (χ4v) is 4.05. The molecule has 146 valence electrons. The van der Waals surface area contributed by atoms with Gasteiger partial charge in [0.2, 0.25) is 0 Å². The van der Waals surface area contributed by atoms with Crippen LogP contribution in [0.2, 0.25) is 0 Å². The monoisotopic (exact) mass is 413 g/mol. The van der Waals surface area contributed by atoms with Crippen molar-refractivity contribution in [3.05, 3.63) is 59.9 Å². The number of carbonyl (C=O) groups is 1. The normalized spacial score (nSPS) is 16.7. The summed E-state index contributed by atoms with van der Waals surface area (Å²) in [6.07, 6.45) is 0.842. The Balaban J connectivity index is 0.00000261. The quantitative estimate of drug-likeness (QED) is 0.787. The zero-order chi connectivity index (χ0) is 18.7. The maximum absolute atomic E-state index is 13.7. The van der Waals surface area contributed by atoms with Gasteiger partial charge in [0.15, 0.2) is 0 Å². The number of benzene rings is 2. The molecule has 2 aromatic carbocycles. The van der Waals surface area contributed by atoms with E-state index in [1.807, 2.05) is 0 Å². The van der Waals surface area contributed by atoms with Crippen molar-refractivity contribution in [2.45, 2.75) is 11.3 Å². The van der Waals surface area contributed by atoms with Crippen LogP contribution in [0.5, 0.6) is 0 Å². The minimum atomic E-state index is -4.01. The van der Waals surface area contributed by atoms with Crippen LogP contribution < -0.4 is 10.5 Å². The average Bonchev–Trinajstić information content (AvgIpc) is 3.12. The summed E-state index contributed by atoms with van der Waals surface area (Å²) in [6, 6.07) is 11.2. The van der Waals surface area contributed by atoms with Gasteiger partial charge in [-0.25, -0.2) is 12.8 Å². The van der Waals surface area contributed by atoms with E-state index in [1.54, 1.807) is 11.0 Å². The van der Waals surface area contributed by atoms with E-state index in [2.05, 4.69) is 4.72 Å².